The molecule has 0 spiro atoms. The highest BCUT2D eigenvalue weighted by molar-refractivity contribution is 5.65. The van der Waals surface area contributed by atoms with Gasteiger partial charge < -0.3 is 15.1 Å². The van der Waals surface area contributed by atoms with Gasteiger partial charge in [-0.1, -0.05) is 6.07 Å². The van der Waals surface area contributed by atoms with Crippen molar-refractivity contribution in [2.24, 2.45) is 0 Å². The van der Waals surface area contributed by atoms with E-state index in [4.69, 9.17) is 5.11 Å². The lowest BCUT2D eigenvalue weighted by molar-refractivity contribution is 0.0493. The van der Waals surface area contributed by atoms with Crippen molar-refractivity contribution >= 4 is 6.09 Å². The standard InChI is InChI=1S/C11H14N2O3/c14-10-7-13(11(15)16)6-4-8(10)9-3-1-2-5-12-9/h1-3,5,8,10,14H,4,6-7H2,(H,15,16). The summed E-state index contributed by atoms with van der Waals surface area (Å²) in [5.74, 6) is -0.0585. The van der Waals surface area contributed by atoms with Crippen molar-refractivity contribution in [3.63, 3.8) is 0 Å². The molecule has 16 heavy (non-hydrogen) atoms. The molecule has 5 heteroatoms. The van der Waals surface area contributed by atoms with Crippen LogP contribution in [-0.2, 0) is 0 Å². The van der Waals surface area contributed by atoms with E-state index in [1.807, 2.05) is 18.2 Å². The second kappa shape index (κ2) is 4.49. The van der Waals surface area contributed by atoms with Gasteiger partial charge in [-0.15, -0.1) is 0 Å². The maximum Gasteiger partial charge on any atom is 0.407 e. The van der Waals surface area contributed by atoms with E-state index in [1.165, 1.54) is 4.90 Å². The van der Waals surface area contributed by atoms with Gasteiger partial charge >= 0.3 is 6.09 Å². The van der Waals surface area contributed by atoms with Gasteiger partial charge in [0.2, 0.25) is 0 Å². The summed E-state index contributed by atoms with van der Waals surface area (Å²) in [6, 6.07) is 5.56. The summed E-state index contributed by atoms with van der Waals surface area (Å²) in [4.78, 5) is 16.2. The number of β-amino-alcohol motifs (C(OH)–C–C–N with tert-alkyl or cyclic N) is 1. The predicted molar refractivity (Wildman–Crippen MR) is 57.2 cm³/mol. The van der Waals surface area contributed by atoms with Crippen molar-refractivity contribution in [2.75, 3.05) is 13.1 Å². The Balaban J connectivity index is 2.08. The van der Waals surface area contributed by atoms with Crippen LogP contribution < -0.4 is 0 Å². The minimum Gasteiger partial charge on any atom is -0.465 e. The number of hydrogen-bond acceptors (Lipinski definition) is 3. The predicted octanol–water partition coefficient (Wildman–Crippen LogP) is 0.910. The highest BCUT2D eigenvalue weighted by Crippen LogP contribution is 2.26. The monoisotopic (exact) mass is 222 g/mol. The highest BCUT2D eigenvalue weighted by atomic mass is 16.4. The molecule has 0 saturated carbocycles. The first-order chi connectivity index (χ1) is 7.68. The molecule has 2 rings (SSSR count). The molecule has 5 nitrogen and oxygen atoms in total. The van der Waals surface area contributed by atoms with E-state index >= 15 is 0 Å². The van der Waals surface area contributed by atoms with Crippen LogP contribution in [0.1, 0.15) is 18.0 Å². The first-order valence-corrected chi connectivity index (χ1v) is 5.25. The van der Waals surface area contributed by atoms with Gasteiger partial charge in [0.25, 0.3) is 0 Å². The van der Waals surface area contributed by atoms with Gasteiger partial charge in [-0.05, 0) is 18.6 Å². The van der Waals surface area contributed by atoms with Gasteiger partial charge in [0, 0.05) is 24.4 Å². The van der Waals surface area contributed by atoms with Gasteiger partial charge in [0.1, 0.15) is 0 Å². The van der Waals surface area contributed by atoms with Crippen molar-refractivity contribution in [3.05, 3.63) is 30.1 Å². The molecule has 1 amide bonds. The van der Waals surface area contributed by atoms with E-state index in [-0.39, 0.29) is 12.5 Å². The van der Waals surface area contributed by atoms with Crippen LogP contribution in [-0.4, -0.2) is 45.4 Å². The average molecular weight is 222 g/mol. The fourth-order valence-electron chi connectivity index (χ4n) is 2.05. The topological polar surface area (TPSA) is 73.7 Å². The number of rotatable bonds is 1. The number of hydrogen-bond donors (Lipinski definition) is 2. The smallest absolute Gasteiger partial charge is 0.407 e. The van der Waals surface area contributed by atoms with Crippen molar-refractivity contribution in [2.45, 2.75) is 18.4 Å². The molecule has 0 aliphatic carbocycles. The Hall–Kier alpha value is -1.62. The normalized spacial score (nSPS) is 25.4. The molecule has 2 N–H and O–H groups in total. The molecule has 2 heterocycles. The Morgan fingerprint density at radius 2 is 2.31 bits per heavy atom. The Bertz CT molecular complexity index is 369. The van der Waals surface area contributed by atoms with E-state index in [0.29, 0.717) is 13.0 Å². The van der Waals surface area contributed by atoms with Crippen molar-refractivity contribution in [1.82, 2.24) is 9.88 Å². The number of pyridine rings is 1. The largest absolute Gasteiger partial charge is 0.465 e. The summed E-state index contributed by atoms with van der Waals surface area (Å²) in [5, 5.41) is 18.7. The van der Waals surface area contributed by atoms with Crippen LogP contribution in [0.5, 0.6) is 0 Å². The average Bonchev–Trinajstić information content (AvgIpc) is 2.30. The van der Waals surface area contributed by atoms with Crippen LogP contribution in [0.25, 0.3) is 0 Å². The third-order valence-corrected chi connectivity index (χ3v) is 2.92. The Morgan fingerprint density at radius 3 is 2.88 bits per heavy atom. The first-order valence-electron chi connectivity index (χ1n) is 5.25. The molecular formula is C11H14N2O3. The number of aromatic nitrogens is 1. The van der Waals surface area contributed by atoms with E-state index in [1.54, 1.807) is 6.20 Å². The van der Waals surface area contributed by atoms with Gasteiger partial charge in [-0.2, -0.15) is 0 Å². The van der Waals surface area contributed by atoms with Crippen molar-refractivity contribution in [3.8, 4) is 0 Å². The Labute approximate surface area is 93.3 Å². The Kier molecular flexibility index (Phi) is 3.05. The number of amides is 1. The molecule has 0 radical (unpaired) electrons. The number of carboxylic acid groups (broad SMARTS) is 1. The maximum atomic E-state index is 10.7. The fraction of sp³-hybridized carbons (Fsp3) is 0.455. The summed E-state index contributed by atoms with van der Waals surface area (Å²) < 4.78 is 0. The number of carbonyl (C=O) groups is 1. The van der Waals surface area contributed by atoms with Crippen molar-refractivity contribution < 1.29 is 15.0 Å². The SMILES string of the molecule is O=C(O)N1CCC(c2ccccn2)C(O)C1. The zero-order chi connectivity index (χ0) is 11.5. The maximum absolute atomic E-state index is 10.7. The Morgan fingerprint density at radius 1 is 1.50 bits per heavy atom. The van der Waals surface area contributed by atoms with Crippen molar-refractivity contribution in [1.29, 1.82) is 0 Å². The summed E-state index contributed by atoms with van der Waals surface area (Å²) in [6.45, 7) is 0.615. The molecule has 86 valence electrons. The van der Waals surface area contributed by atoms with Crippen LogP contribution in [0, 0.1) is 0 Å². The van der Waals surface area contributed by atoms with Crippen LogP contribution in [0.4, 0.5) is 4.79 Å². The first kappa shape index (κ1) is 10.9. The number of piperidine rings is 1. The summed E-state index contributed by atoms with van der Waals surface area (Å²) in [7, 11) is 0. The van der Waals surface area contributed by atoms with E-state index < -0.39 is 12.2 Å². The molecule has 1 fully saturated rings. The lowest BCUT2D eigenvalue weighted by Gasteiger charge is -2.33. The zero-order valence-corrected chi connectivity index (χ0v) is 8.78. The minimum absolute atomic E-state index is 0.0585. The number of nitrogens with zero attached hydrogens (tertiary/aromatic N) is 2. The second-order valence-electron chi connectivity index (χ2n) is 3.95. The molecule has 1 aromatic rings. The molecule has 0 aromatic carbocycles. The number of aliphatic hydroxyl groups excluding tert-OH is 1. The fourth-order valence-corrected chi connectivity index (χ4v) is 2.05. The van der Waals surface area contributed by atoms with E-state index in [2.05, 4.69) is 4.98 Å². The van der Waals surface area contributed by atoms with Crippen LogP contribution in [0.3, 0.4) is 0 Å². The van der Waals surface area contributed by atoms with Crippen LogP contribution in [0.15, 0.2) is 24.4 Å². The minimum atomic E-state index is -0.974. The third-order valence-electron chi connectivity index (χ3n) is 2.92. The van der Waals surface area contributed by atoms with Gasteiger partial charge in [0.15, 0.2) is 0 Å². The molecular weight excluding hydrogens is 208 g/mol. The second-order valence-corrected chi connectivity index (χ2v) is 3.95. The molecule has 1 aliphatic heterocycles. The van der Waals surface area contributed by atoms with E-state index in [0.717, 1.165) is 5.69 Å². The lowest BCUT2D eigenvalue weighted by atomic mass is 9.90. The van der Waals surface area contributed by atoms with Crippen LogP contribution in [0.2, 0.25) is 0 Å². The van der Waals surface area contributed by atoms with Crippen LogP contribution >= 0.6 is 0 Å². The van der Waals surface area contributed by atoms with Gasteiger partial charge in [0.05, 0.1) is 12.6 Å². The van der Waals surface area contributed by atoms with E-state index in [9.17, 15) is 9.90 Å². The quantitative estimate of drug-likeness (QED) is 0.740. The lowest BCUT2D eigenvalue weighted by Crippen LogP contribution is -2.45. The summed E-state index contributed by atoms with van der Waals surface area (Å²) in [5.41, 5.74) is 0.833. The third kappa shape index (κ3) is 2.14. The number of aliphatic hydroxyl groups is 1. The molecule has 1 aromatic heterocycles. The molecule has 0 bridgehead atoms. The zero-order valence-electron chi connectivity index (χ0n) is 8.78. The molecule has 2 atom stereocenters. The molecule has 1 saturated heterocycles. The number of likely N-dealkylation sites (tertiary alicyclic amines) is 1. The summed E-state index contributed by atoms with van der Waals surface area (Å²) >= 11 is 0. The molecule has 1 aliphatic rings. The van der Waals surface area contributed by atoms with Gasteiger partial charge in [-0.3, -0.25) is 4.98 Å². The van der Waals surface area contributed by atoms with Gasteiger partial charge in [-0.25, -0.2) is 4.79 Å². The molecule has 2 unspecified atom stereocenters. The summed E-state index contributed by atoms with van der Waals surface area (Å²) in [6.07, 6.45) is 0.661. The highest BCUT2D eigenvalue weighted by Gasteiger charge is 2.31.